The van der Waals surface area contributed by atoms with Gasteiger partial charge in [0.15, 0.2) is 10.7 Å². The Morgan fingerprint density at radius 1 is 0.846 bits per heavy atom. The van der Waals surface area contributed by atoms with E-state index >= 15 is 0 Å². The van der Waals surface area contributed by atoms with E-state index in [1.165, 1.54) is 11.3 Å². The number of nitrogens with one attached hydrogen (secondary N) is 1. The highest BCUT2D eigenvalue weighted by Gasteiger charge is 2.10. The molecule has 126 valence electrons. The zero-order chi connectivity index (χ0) is 17.5. The fourth-order valence-electron chi connectivity index (χ4n) is 2.83. The van der Waals surface area contributed by atoms with Crippen LogP contribution in [0.1, 0.15) is 0 Å². The molecular formula is C20H12ClN3OS. The van der Waals surface area contributed by atoms with Gasteiger partial charge in [0.1, 0.15) is 5.52 Å². The van der Waals surface area contributed by atoms with Gasteiger partial charge < -0.3 is 4.42 Å². The molecule has 3 aromatic carbocycles. The molecule has 0 aliphatic carbocycles. The van der Waals surface area contributed by atoms with Crippen LogP contribution in [0.3, 0.4) is 0 Å². The first-order chi connectivity index (χ1) is 12.7. The van der Waals surface area contributed by atoms with Gasteiger partial charge in [-0.2, -0.15) is 4.98 Å². The van der Waals surface area contributed by atoms with Gasteiger partial charge in [0, 0.05) is 5.02 Å². The van der Waals surface area contributed by atoms with Gasteiger partial charge >= 0.3 is 6.01 Å². The average Bonchev–Trinajstić information content (AvgIpc) is 3.24. The van der Waals surface area contributed by atoms with Crippen molar-refractivity contribution in [3.05, 3.63) is 71.8 Å². The summed E-state index contributed by atoms with van der Waals surface area (Å²) in [6, 6.07) is 22.3. The van der Waals surface area contributed by atoms with E-state index in [-0.39, 0.29) is 0 Å². The molecule has 0 saturated carbocycles. The van der Waals surface area contributed by atoms with Crippen LogP contribution in [0, 0.1) is 0 Å². The molecule has 0 bridgehead atoms. The summed E-state index contributed by atoms with van der Waals surface area (Å²) in [6.07, 6.45) is 0. The average molecular weight is 378 g/mol. The highest BCUT2D eigenvalue weighted by Crippen LogP contribution is 2.32. The van der Waals surface area contributed by atoms with E-state index in [1.807, 2.05) is 54.6 Å². The van der Waals surface area contributed by atoms with Crippen molar-refractivity contribution in [3.63, 3.8) is 0 Å². The highest BCUT2D eigenvalue weighted by molar-refractivity contribution is 7.22. The van der Waals surface area contributed by atoms with E-state index in [0.29, 0.717) is 11.0 Å². The van der Waals surface area contributed by atoms with Crippen molar-refractivity contribution >= 4 is 55.4 Å². The number of aromatic nitrogens is 2. The van der Waals surface area contributed by atoms with Crippen molar-refractivity contribution in [1.29, 1.82) is 0 Å². The number of nitrogens with zero attached hydrogens (tertiary/aromatic N) is 2. The van der Waals surface area contributed by atoms with E-state index in [4.69, 9.17) is 16.0 Å². The van der Waals surface area contributed by atoms with Gasteiger partial charge in [0.2, 0.25) is 0 Å². The molecule has 2 aromatic heterocycles. The second kappa shape index (κ2) is 6.12. The molecule has 26 heavy (non-hydrogen) atoms. The molecule has 0 fully saturated rings. The van der Waals surface area contributed by atoms with Crippen LogP contribution < -0.4 is 5.32 Å². The van der Waals surface area contributed by atoms with Gasteiger partial charge in [-0.15, -0.1) is 0 Å². The predicted molar refractivity (Wildman–Crippen MR) is 107 cm³/mol. The molecule has 0 aliphatic heterocycles. The van der Waals surface area contributed by atoms with Crippen LogP contribution >= 0.6 is 22.9 Å². The number of thiazole rings is 1. The summed E-state index contributed by atoms with van der Waals surface area (Å²) < 4.78 is 6.82. The first-order valence-electron chi connectivity index (χ1n) is 8.04. The van der Waals surface area contributed by atoms with Crippen LogP contribution in [0.2, 0.25) is 5.02 Å². The third-order valence-corrected chi connectivity index (χ3v) is 5.23. The summed E-state index contributed by atoms with van der Waals surface area (Å²) in [6.45, 7) is 0. The maximum atomic E-state index is 6.03. The van der Waals surface area contributed by atoms with Gasteiger partial charge in [0.25, 0.3) is 0 Å². The Bertz CT molecular complexity index is 1230. The lowest BCUT2D eigenvalue weighted by Crippen LogP contribution is -1.88. The topological polar surface area (TPSA) is 51.0 Å². The molecule has 2 heterocycles. The first kappa shape index (κ1) is 15.4. The molecule has 1 N–H and O–H groups in total. The van der Waals surface area contributed by atoms with Crippen LogP contribution in [-0.2, 0) is 0 Å². The molecule has 0 unspecified atom stereocenters. The second-order valence-corrected chi connectivity index (χ2v) is 7.29. The summed E-state index contributed by atoms with van der Waals surface area (Å²) in [4.78, 5) is 9.08. The molecule has 0 radical (unpaired) electrons. The standard InChI is InChI=1S/C20H12ClN3OS/c21-14-7-8-15-18(11-14)26-20(23-15)24-19-22-16-10-13(6-9-17(16)25-19)12-4-2-1-3-5-12/h1-11H,(H,22,23,24). The SMILES string of the molecule is Clc1ccc2nc(Nc3nc4cc(-c5ccccc5)ccc4o3)sc2c1. The van der Waals surface area contributed by atoms with Crippen LogP contribution in [0.25, 0.3) is 32.4 Å². The normalized spacial score (nSPS) is 11.3. The molecular weight excluding hydrogens is 366 g/mol. The van der Waals surface area contributed by atoms with Gasteiger partial charge in [-0.05, 0) is 41.5 Å². The van der Waals surface area contributed by atoms with E-state index < -0.39 is 0 Å². The lowest BCUT2D eigenvalue weighted by Gasteiger charge is -1.99. The first-order valence-corrected chi connectivity index (χ1v) is 9.23. The number of benzene rings is 3. The Labute approximate surface area is 158 Å². The molecule has 0 atom stereocenters. The smallest absolute Gasteiger partial charge is 0.302 e. The summed E-state index contributed by atoms with van der Waals surface area (Å²) in [5, 5.41) is 4.56. The summed E-state index contributed by atoms with van der Waals surface area (Å²) in [5.74, 6) is 0. The highest BCUT2D eigenvalue weighted by atomic mass is 35.5. The monoisotopic (exact) mass is 377 g/mol. The third-order valence-electron chi connectivity index (χ3n) is 4.06. The minimum atomic E-state index is 0.426. The van der Waals surface area contributed by atoms with Gasteiger partial charge in [-0.1, -0.05) is 59.3 Å². The zero-order valence-corrected chi connectivity index (χ0v) is 15.0. The van der Waals surface area contributed by atoms with Crippen molar-refractivity contribution in [1.82, 2.24) is 9.97 Å². The van der Waals surface area contributed by atoms with Crippen molar-refractivity contribution in [2.24, 2.45) is 0 Å². The Morgan fingerprint density at radius 3 is 2.62 bits per heavy atom. The largest absolute Gasteiger partial charge is 0.423 e. The summed E-state index contributed by atoms with van der Waals surface area (Å²) in [5.41, 5.74) is 4.68. The van der Waals surface area contributed by atoms with Gasteiger partial charge in [-0.25, -0.2) is 4.98 Å². The van der Waals surface area contributed by atoms with Crippen LogP contribution in [0.4, 0.5) is 11.1 Å². The third kappa shape index (κ3) is 2.81. The minimum Gasteiger partial charge on any atom is -0.423 e. The molecule has 0 spiro atoms. The number of fused-ring (bicyclic) bond motifs is 2. The Hall–Kier alpha value is -2.89. The van der Waals surface area contributed by atoms with Crippen molar-refractivity contribution < 1.29 is 4.42 Å². The molecule has 5 rings (SSSR count). The van der Waals surface area contributed by atoms with Crippen molar-refractivity contribution in [2.75, 3.05) is 5.32 Å². The van der Waals surface area contributed by atoms with Gasteiger partial charge in [-0.3, -0.25) is 5.32 Å². The van der Waals surface area contributed by atoms with E-state index in [9.17, 15) is 0 Å². The Morgan fingerprint density at radius 2 is 1.73 bits per heavy atom. The molecule has 6 heteroatoms. The van der Waals surface area contributed by atoms with E-state index in [0.717, 1.165) is 37.6 Å². The second-order valence-electron chi connectivity index (χ2n) is 5.82. The molecule has 5 aromatic rings. The van der Waals surface area contributed by atoms with Crippen LogP contribution in [0.15, 0.2) is 71.1 Å². The van der Waals surface area contributed by atoms with E-state index in [2.05, 4.69) is 27.4 Å². The number of anilines is 2. The van der Waals surface area contributed by atoms with Gasteiger partial charge in [0.05, 0.1) is 10.2 Å². The van der Waals surface area contributed by atoms with E-state index in [1.54, 1.807) is 0 Å². The molecule has 4 nitrogen and oxygen atoms in total. The summed E-state index contributed by atoms with van der Waals surface area (Å²) >= 11 is 7.54. The predicted octanol–water partition coefficient (Wildman–Crippen LogP) is 6.50. The Balaban J connectivity index is 1.48. The molecule has 0 aliphatic rings. The molecule has 0 saturated heterocycles. The molecule has 0 amide bonds. The number of hydrogen-bond acceptors (Lipinski definition) is 5. The van der Waals surface area contributed by atoms with Crippen LogP contribution in [0.5, 0.6) is 0 Å². The van der Waals surface area contributed by atoms with Crippen LogP contribution in [-0.4, -0.2) is 9.97 Å². The number of rotatable bonds is 3. The lowest BCUT2D eigenvalue weighted by atomic mass is 10.1. The summed E-state index contributed by atoms with van der Waals surface area (Å²) in [7, 11) is 0. The minimum absolute atomic E-state index is 0.426. The fraction of sp³-hybridized carbons (Fsp3) is 0. The number of halogens is 1. The maximum absolute atomic E-state index is 6.03. The zero-order valence-electron chi connectivity index (χ0n) is 13.4. The van der Waals surface area contributed by atoms with Crippen molar-refractivity contribution in [2.45, 2.75) is 0 Å². The number of oxazole rings is 1. The Kier molecular flexibility index (Phi) is 3.62. The fourth-order valence-corrected chi connectivity index (χ4v) is 3.97. The lowest BCUT2D eigenvalue weighted by molar-refractivity contribution is 0.623. The maximum Gasteiger partial charge on any atom is 0.302 e. The number of hydrogen-bond donors (Lipinski definition) is 1. The van der Waals surface area contributed by atoms with Crippen molar-refractivity contribution in [3.8, 4) is 11.1 Å². The quantitative estimate of drug-likeness (QED) is 0.389.